The lowest BCUT2D eigenvalue weighted by Crippen LogP contribution is -2.46. The van der Waals surface area contributed by atoms with Crippen LogP contribution in [-0.4, -0.2) is 39.3 Å². The Labute approximate surface area is 133 Å². The van der Waals surface area contributed by atoms with Crippen LogP contribution in [0.3, 0.4) is 0 Å². The van der Waals surface area contributed by atoms with E-state index in [0.29, 0.717) is 19.4 Å². The van der Waals surface area contributed by atoms with Gasteiger partial charge in [-0.05, 0) is 30.9 Å². The van der Waals surface area contributed by atoms with Crippen LogP contribution in [0.1, 0.15) is 12.8 Å². The lowest BCUT2D eigenvalue weighted by molar-refractivity contribution is -0.384. The Hall–Kier alpha value is -1.78. The van der Waals surface area contributed by atoms with Crippen molar-refractivity contribution in [2.24, 2.45) is 11.1 Å². The Morgan fingerprint density at radius 3 is 2.70 bits per heavy atom. The molecule has 0 saturated heterocycles. The molecule has 0 unspecified atom stereocenters. The largest absolute Gasteiger partial charge is 0.381 e. The Morgan fingerprint density at radius 2 is 2.17 bits per heavy atom. The van der Waals surface area contributed by atoms with Crippen LogP contribution in [0.2, 0.25) is 0 Å². The van der Waals surface area contributed by atoms with Crippen molar-refractivity contribution >= 4 is 21.4 Å². The van der Waals surface area contributed by atoms with Crippen LogP contribution < -0.4 is 10.5 Å². The number of methoxy groups -OCH3 is 1. The van der Waals surface area contributed by atoms with Gasteiger partial charge in [-0.25, -0.2) is 17.9 Å². The molecule has 1 aliphatic carbocycles. The molecular weight excluding hydrogens is 329 g/mol. The van der Waals surface area contributed by atoms with Gasteiger partial charge in [0.05, 0.1) is 16.4 Å². The maximum Gasteiger partial charge on any atom is 0.293 e. The number of ether oxygens (including phenoxy) is 1. The molecule has 23 heavy (non-hydrogen) atoms. The van der Waals surface area contributed by atoms with Gasteiger partial charge in [0.25, 0.3) is 5.69 Å². The fourth-order valence-electron chi connectivity index (χ4n) is 2.74. The summed E-state index contributed by atoms with van der Waals surface area (Å²) in [5, 5.41) is 18.9. The molecule has 1 aromatic rings. The number of nitrogens with zero attached hydrogens (tertiary/aromatic N) is 1. The Kier molecular flexibility index (Phi) is 4.87. The summed E-state index contributed by atoms with van der Waals surface area (Å²) in [4.78, 5) is 10.0. The smallest absolute Gasteiger partial charge is 0.293 e. The van der Waals surface area contributed by atoms with Crippen LogP contribution in [0.5, 0.6) is 0 Å². The van der Waals surface area contributed by atoms with E-state index in [1.165, 1.54) is 19.2 Å². The van der Waals surface area contributed by atoms with Crippen LogP contribution in [0.15, 0.2) is 23.1 Å². The monoisotopic (exact) mass is 347 g/mol. The minimum atomic E-state index is -4.02. The predicted octanol–water partition coefficient (Wildman–Crippen LogP) is 1.42. The third kappa shape index (κ3) is 4.15. The predicted molar refractivity (Wildman–Crippen MR) is 81.4 cm³/mol. The van der Waals surface area contributed by atoms with E-state index in [4.69, 9.17) is 9.88 Å². The maximum atomic E-state index is 13.9. The van der Waals surface area contributed by atoms with Gasteiger partial charge < -0.3 is 10.1 Å². The molecule has 0 bridgehead atoms. The van der Waals surface area contributed by atoms with Gasteiger partial charge in [-0.3, -0.25) is 10.1 Å². The van der Waals surface area contributed by atoms with Gasteiger partial charge in [-0.15, -0.1) is 0 Å². The third-order valence-corrected chi connectivity index (χ3v) is 4.70. The summed E-state index contributed by atoms with van der Waals surface area (Å²) in [6.07, 6.45) is 0.633. The number of nitro groups is 1. The molecule has 8 nitrogen and oxygen atoms in total. The molecule has 0 atom stereocenters. The van der Waals surface area contributed by atoms with Crippen molar-refractivity contribution in [1.82, 2.24) is 0 Å². The average molecular weight is 347 g/mol. The molecule has 0 aromatic heterocycles. The van der Waals surface area contributed by atoms with E-state index in [-0.39, 0.29) is 28.8 Å². The zero-order chi connectivity index (χ0) is 17.3. The lowest BCUT2D eigenvalue weighted by Gasteiger charge is -2.41. The fourth-order valence-corrected chi connectivity index (χ4v) is 3.27. The standard InChI is InChI=1S/C13H18FN3O5S/c1-22-8-13(14)5-9(6-13)7-16-11-3-2-10(23(15,20)21)4-12(11)17(18)19/h2-4,9,16H,5-8H2,1H3,(H2,15,20,21)/t9-,13+. The number of benzene rings is 1. The van der Waals surface area contributed by atoms with Crippen molar-refractivity contribution in [3.8, 4) is 0 Å². The molecule has 1 fully saturated rings. The van der Waals surface area contributed by atoms with Crippen LogP contribution in [0, 0.1) is 16.0 Å². The number of rotatable bonds is 7. The minimum absolute atomic E-state index is 0.0344. The highest BCUT2D eigenvalue weighted by Crippen LogP contribution is 2.41. The second-order valence-corrected chi connectivity index (χ2v) is 7.28. The number of sulfonamides is 1. The normalized spacial score (nSPS) is 24.0. The molecule has 128 valence electrons. The first kappa shape index (κ1) is 17.6. The highest BCUT2D eigenvalue weighted by molar-refractivity contribution is 7.89. The van der Waals surface area contributed by atoms with E-state index in [1.807, 2.05) is 0 Å². The Balaban J connectivity index is 2.05. The molecule has 1 aliphatic rings. The number of nitrogens with one attached hydrogen (secondary N) is 1. The minimum Gasteiger partial charge on any atom is -0.381 e. The average Bonchev–Trinajstić information content (AvgIpc) is 2.41. The summed E-state index contributed by atoms with van der Waals surface area (Å²) in [6.45, 7) is 0.387. The maximum absolute atomic E-state index is 13.9. The molecular formula is C13H18FN3O5S. The van der Waals surface area contributed by atoms with Crippen LogP contribution >= 0.6 is 0 Å². The topological polar surface area (TPSA) is 125 Å². The van der Waals surface area contributed by atoms with E-state index in [0.717, 1.165) is 6.07 Å². The Morgan fingerprint density at radius 1 is 1.52 bits per heavy atom. The quantitative estimate of drug-likeness (QED) is 0.568. The number of halogens is 1. The number of nitro benzene ring substituents is 1. The summed E-state index contributed by atoms with van der Waals surface area (Å²) in [7, 11) is -2.58. The number of alkyl halides is 1. The van der Waals surface area contributed by atoms with Gasteiger partial charge in [-0.2, -0.15) is 0 Å². The molecule has 10 heteroatoms. The van der Waals surface area contributed by atoms with Crippen molar-refractivity contribution in [2.45, 2.75) is 23.4 Å². The van der Waals surface area contributed by atoms with Gasteiger partial charge in [-0.1, -0.05) is 0 Å². The first-order valence-electron chi connectivity index (χ1n) is 6.87. The zero-order valence-corrected chi connectivity index (χ0v) is 13.3. The van der Waals surface area contributed by atoms with Crippen LogP contribution in [-0.2, 0) is 14.8 Å². The van der Waals surface area contributed by atoms with Crippen molar-refractivity contribution in [3.63, 3.8) is 0 Å². The second kappa shape index (κ2) is 6.38. The molecule has 0 aliphatic heterocycles. The van der Waals surface area contributed by atoms with Gasteiger partial charge in [0.1, 0.15) is 11.4 Å². The number of nitrogens with two attached hydrogens (primary N) is 1. The van der Waals surface area contributed by atoms with Crippen molar-refractivity contribution in [3.05, 3.63) is 28.3 Å². The first-order valence-corrected chi connectivity index (χ1v) is 8.42. The molecule has 2 rings (SSSR count). The summed E-state index contributed by atoms with van der Waals surface area (Å²) < 4.78 is 41.2. The zero-order valence-electron chi connectivity index (χ0n) is 12.5. The molecule has 0 spiro atoms. The van der Waals surface area contributed by atoms with E-state index in [2.05, 4.69) is 5.32 Å². The highest BCUT2D eigenvalue weighted by Gasteiger charge is 2.44. The first-order chi connectivity index (χ1) is 10.6. The third-order valence-electron chi connectivity index (χ3n) is 3.79. The SMILES string of the molecule is COC[C@]1(F)C[C@@H](CNc2ccc(S(N)(=O)=O)cc2[N+](=O)[O-])C1. The summed E-state index contributed by atoms with van der Waals surface area (Å²) in [6, 6.07) is 3.38. The number of primary sulfonamides is 1. The molecule has 1 saturated carbocycles. The van der Waals surface area contributed by atoms with Gasteiger partial charge in [0, 0.05) is 19.7 Å². The van der Waals surface area contributed by atoms with E-state index in [9.17, 15) is 22.9 Å². The van der Waals surface area contributed by atoms with Crippen molar-refractivity contribution in [2.75, 3.05) is 25.6 Å². The van der Waals surface area contributed by atoms with Crippen molar-refractivity contribution in [1.29, 1.82) is 0 Å². The summed E-state index contributed by atoms with van der Waals surface area (Å²) in [5.41, 5.74) is -1.55. The molecule has 0 radical (unpaired) electrons. The Bertz CT molecular complexity index is 704. The van der Waals surface area contributed by atoms with Gasteiger partial charge >= 0.3 is 0 Å². The van der Waals surface area contributed by atoms with Crippen LogP contribution in [0.4, 0.5) is 15.8 Å². The summed E-state index contributed by atoms with van der Waals surface area (Å²) >= 11 is 0. The molecule has 3 N–H and O–H groups in total. The van der Waals surface area contributed by atoms with Crippen molar-refractivity contribution < 1.29 is 22.5 Å². The highest BCUT2D eigenvalue weighted by atomic mass is 32.2. The molecule has 0 heterocycles. The number of hydrogen-bond donors (Lipinski definition) is 2. The van der Waals surface area contributed by atoms with E-state index in [1.54, 1.807) is 0 Å². The molecule has 1 aromatic carbocycles. The van der Waals surface area contributed by atoms with E-state index >= 15 is 0 Å². The lowest BCUT2D eigenvalue weighted by atomic mass is 9.72. The molecule has 0 amide bonds. The number of anilines is 1. The van der Waals surface area contributed by atoms with Gasteiger partial charge in [0.2, 0.25) is 10.0 Å². The van der Waals surface area contributed by atoms with E-state index < -0.39 is 20.6 Å². The number of hydrogen-bond acceptors (Lipinski definition) is 6. The van der Waals surface area contributed by atoms with Crippen LogP contribution in [0.25, 0.3) is 0 Å². The second-order valence-electron chi connectivity index (χ2n) is 5.72. The summed E-state index contributed by atoms with van der Waals surface area (Å²) in [5.74, 6) is 0.0349. The fraction of sp³-hybridized carbons (Fsp3) is 0.538. The van der Waals surface area contributed by atoms with Gasteiger partial charge in [0.15, 0.2) is 0 Å².